The molecule has 1 aromatic heterocycles. The van der Waals surface area contributed by atoms with Gasteiger partial charge in [0.25, 0.3) is 5.91 Å². The summed E-state index contributed by atoms with van der Waals surface area (Å²) in [5.41, 5.74) is 0.339. The van der Waals surface area contributed by atoms with Crippen LogP contribution >= 0.6 is 23.2 Å². The third-order valence-corrected chi connectivity index (χ3v) is 3.18. The molecule has 17 heavy (non-hydrogen) atoms. The average molecular weight is 278 g/mol. The van der Waals surface area contributed by atoms with Crippen molar-refractivity contribution in [3.8, 4) is 0 Å². The molecule has 0 bridgehead atoms. The Bertz CT molecular complexity index is 457. The van der Waals surface area contributed by atoms with E-state index in [2.05, 4.69) is 5.32 Å². The van der Waals surface area contributed by atoms with Crippen molar-refractivity contribution in [1.29, 1.82) is 0 Å². The summed E-state index contributed by atoms with van der Waals surface area (Å²) in [7, 11) is 4.68. The van der Waals surface area contributed by atoms with Crippen LogP contribution in [0.4, 0.5) is 0 Å². The zero-order valence-corrected chi connectivity index (χ0v) is 11.3. The fourth-order valence-corrected chi connectivity index (χ4v) is 1.69. The fraction of sp³-hybridized carbons (Fsp3) is 0.400. The van der Waals surface area contributed by atoms with E-state index in [0.29, 0.717) is 15.9 Å². The van der Waals surface area contributed by atoms with Crippen molar-refractivity contribution >= 4 is 35.0 Å². The van der Waals surface area contributed by atoms with Crippen molar-refractivity contribution in [3.05, 3.63) is 21.9 Å². The molecule has 1 N–H and O–H groups in total. The number of rotatable bonds is 3. The van der Waals surface area contributed by atoms with Gasteiger partial charge in [-0.1, -0.05) is 23.2 Å². The van der Waals surface area contributed by atoms with Gasteiger partial charge in [-0.05, 0) is 6.07 Å². The molecule has 0 saturated heterocycles. The van der Waals surface area contributed by atoms with E-state index in [1.54, 1.807) is 7.05 Å². The summed E-state index contributed by atoms with van der Waals surface area (Å²) in [6.07, 6.45) is 0. The minimum Gasteiger partial charge on any atom is -0.358 e. The summed E-state index contributed by atoms with van der Waals surface area (Å²) < 4.78 is 1.48. The highest BCUT2D eigenvalue weighted by molar-refractivity contribution is 6.41. The largest absolute Gasteiger partial charge is 0.358 e. The number of aromatic nitrogens is 1. The van der Waals surface area contributed by atoms with Gasteiger partial charge >= 0.3 is 0 Å². The molecule has 0 aliphatic heterocycles. The normalized spacial score (nSPS) is 10.2. The molecular weight excluding hydrogens is 265 g/mol. The SMILES string of the molecule is CNC(=O)CN(C)C(=O)c1cc(Cl)c(Cl)n1C. The first-order chi connectivity index (χ1) is 7.88. The summed E-state index contributed by atoms with van der Waals surface area (Å²) in [6, 6.07) is 1.48. The van der Waals surface area contributed by atoms with Crippen LogP contribution in [0.25, 0.3) is 0 Å². The Hall–Kier alpha value is -1.20. The van der Waals surface area contributed by atoms with E-state index in [1.165, 1.54) is 29.6 Å². The van der Waals surface area contributed by atoms with Crippen LogP contribution in [0.5, 0.6) is 0 Å². The monoisotopic (exact) mass is 277 g/mol. The zero-order valence-electron chi connectivity index (χ0n) is 9.75. The molecule has 0 aliphatic carbocycles. The number of hydrogen-bond acceptors (Lipinski definition) is 2. The zero-order chi connectivity index (χ0) is 13.2. The van der Waals surface area contributed by atoms with E-state index in [1.807, 2.05) is 0 Å². The first-order valence-electron chi connectivity index (χ1n) is 4.85. The highest BCUT2D eigenvalue weighted by Crippen LogP contribution is 2.25. The van der Waals surface area contributed by atoms with E-state index in [9.17, 15) is 9.59 Å². The second kappa shape index (κ2) is 5.42. The molecule has 0 atom stereocenters. The highest BCUT2D eigenvalue weighted by Gasteiger charge is 2.20. The van der Waals surface area contributed by atoms with E-state index < -0.39 is 0 Å². The molecule has 0 spiro atoms. The molecule has 5 nitrogen and oxygen atoms in total. The molecule has 0 unspecified atom stereocenters. The summed E-state index contributed by atoms with van der Waals surface area (Å²) >= 11 is 11.7. The quantitative estimate of drug-likeness (QED) is 0.901. The summed E-state index contributed by atoms with van der Waals surface area (Å²) in [4.78, 5) is 24.4. The van der Waals surface area contributed by atoms with Crippen LogP contribution in [-0.2, 0) is 11.8 Å². The van der Waals surface area contributed by atoms with E-state index in [-0.39, 0.29) is 18.4 Å². The van der Waals surface area contributed by atoms with Gasteiger partial charge in [-0.3, -0.25) is 9.59 Å². The summed E-state index contributed by atoms with van der Waals surface area (Å²) in [5.74, 6) is -0.558. The van der Waals surface area contributed by atoms with Gasteiger partial charge in [-0.2, -0.15) is 0 Å². The molecule has 0 aliphatic rings. The van der Waals surface area contributed by atoms with Crippen LogP contribution in [0.3, 0.4) is 0 Å². The molecule has 1 rings (SSSR count). The van der Waals surface area contributed by atoms with Crippen LogP contribution in [0.1, 0.15) is 10.5 Å². The second-order valence-electron chi connectivity index (χ2n) is 3.56. The van der Waals surface area contributed by atoms with Crippen molar-refractivity contribution in [2.75, 3.05) is 20.6 Å². The standard InChI is InChI=1S/C10H13Cl2N3O2/c1-13-8(16)5-14(2)10(17)7-4-6(11)9(12)15(7)3/h4H,5H2,1-3H3,(H,13,16). The Labute approximate surface area is 109 Å². The minimum absolute atomic E-state index is 0.0181. The van der Waals surface area contributed by atoms with E-state index in [0.717, 1.165) is 0 Å². The number of carbonyl (C=O) groups is 2. The van der Waals surface area contributed by atoms with Crippen LogP contribution in [0, 0.1) is 0 Å². The van der Waals surface area contributed by atoms with Gasteiger partial charge in [0.2, 0.25) is 5.91 Å². The maximum Gasteiger partial charge on any atom is 0.270 e. The van der Waals surface area contributed by atoms with Gasteiger partial charge in [-0.15, -0.1) is 0 Å². The van der Waals surface area contributed by atoms with Crippen LogP contribution in [-0.4, -0.2) is 41.9 Å². The first-order valence-corrected chi connectivity index (χ1v) is 5.60. The average Bonchev–Trinajstić information content (AvgIpc) is 2.55. The molecule has 94 valence electrons. The maximum atomic E-state index is 12.0. The fourth-order valence-electron chi connectivity index (χ4n) is 1.31. The molecule has 0 radical (unpaired) electrons. The van der Waals surface area contributed by atoms with E-state index >= 15 is 0 Å². The Kier molecular flexibility index (Phi) is 4.42. The number of nitrogens with zero attached hydrogens (tertiary/aromatic N) is 2. The number of carbonyl (C=O) groups excluding carboxylic acids is 2. The lowest BCUT2D eigenvalue weighted by molar-refractivity contribution is -0.121. The highest BCUT2D eigenvalue weighted by atomic mass is 35.5. The number of likely N-dealkylation sites (N-methyl/N-ethyl adjacent to an activating group) is 2. The Morgan fingerprint density at radius 3 is 2.47 bits per heavy atom. The molecule has 2 amide bonds. The van der Waals surface area contributed by atoms with E-state index in [4.69, 9.17) is 23.2 Å². The molecule has 0 saturated carbocycles. The van der Waals surface area contributed by atoms with Gasteiger partial charge in [0.1, 0.15) is 10.8 Å². The molecule has 0 aromatic carbocycles. The first kappa shape index (κ1) is 13.9. The second-order valence-corrected chi connectivity index (χ2v) is 4.33. The third kappa shape index (κ3) is 2.92. The van der Waals surface area contributed by atoms with Crippen LogP contribution < -0.4 is 5.32 Å². The Morgan fingerprint density at radius 1 is 1.47 bits per heavy atom. The molecular formula is C10H13Cl2N3O2. The lowest BCUT2D eigenvalue weighted by Gasteiger charge is -2.16. The van der Waals surface area contributed by atoms with Crippen LogP contribution in [0.2, 0.25) is 10.2 Å². The molecule has 7 heteroatoms. The number of nitrogens with one attached hydrogen (secondary N) is 1. The maximum absolute atomic E-state index is 12.0. The lowest BCUT2D eigenvalue weighted by Crippen LogP contribution is -2.37. The van der Waals surface area contributed by atoms with Crippen molar-refractivity contribution in [3.63, 3.8) is 0 Å². The lowest BCUT2D eigenvalue weighted by atomic mass is 10.3. The van der Waals surface area contributed by atoms with Gasteiger partial charge in [0, 0.05) is 21.1 Å². The van der Waals surface area contributed by atoms with Crippen molar-refractivity contribution in [2.45, 2.75) is 0 Å². The predicted molar refractivity (Wildman–Crippen MR) is 66.5 cm³/mol. The smallest absolute Gasteiger partial charge is 0.270 e. The van der Waals surface area contributed by atoms with Crippen molar-refractivity contribution in [1.82, 2.24) is 14.8 Å². The summed E-state index contributed by atoms with van der Waals surface area (Å²) in [6.45, 7) is -0.0181. The number of amides is 2. The Balaban J connectivity index is 2.89. The third-order valence-electron chi connectivity index (χ3n) is 2.34. The van der Waals surface area contributed by atoms with Crippen molar-refractivity contribution in [2.24, 2.45) is 7.05 Å². The predicted octanol–water partition coefficient (Wildman–Crippen LogP) is 1.15. The molecule has 0 fully saturated rings. The Morgan fingerprint density at radius 2 is 2.06 bits per heavy atom. The molecule has 1 aromatic rings. The summed E-state index contributed by atoms with van der Waals surface area (Å²) in [5, 5.41) is 3.05. The van der Waals surface area contributed by atoms with Gasteiger partial charge in [-0.25, -0.2) is 0 Å². The topological polar surface area (TPSA) is 54.3 Å². The van der Waals surface area contributed by atoms with Crippen LogP contribution in [0.15, 0.2) is 6.07 Å². The van der Waals surface area contributed by atoms with Gasteiger partial charge < -0.3 is 14.8 Å². The number of hydrogen-bond donors (Lipinski definition) is 1. The van der Waals surface area contributed by atoms with Crippen molar-refractivity contribution < 1.29 is 9.59 Å². The van der Waals surface area contributed by atoms with Gasteiger partial charge in [0.05, 0.1) is 11.6 Å². The van der Waals surface area contributed by atoms with Gasteiger partial charge in [0.15, 0.2) is 0 Å². The number of halogens is 2. The molecule has 1 heterocycles. The minimum atomic E-state index is -0.315.